The third kappa shape index (κ3) is 3.46. The van der Waals surface area contributed by atoms with E-state index in [0.717, 1.165) is 29.9 Å². The predicted octanol–water partition coefficient (Wildman–Crippen LogP) is 2.49. The number of fused-ring (bicyclic) bond motifs is 1. The lowest BCUT2D eigenvalue weighted by molar-refractivity contribution is -0.173. The Morgan fingerprint density at radius 2 is 1.88 bits per heavy atom. The molecule has 1 aromatic carbocycles. The monoisotopic (exact) mass is 347 g/mol. The Labute approximate surface area is 148 Å². The molecule has 0 bridgehead atoms. The zero-order valence-corrected chi connectivity index (χ0v) is 14.6. The fraction of sp³-hybridized carbons (Fsp3) is 0.632. The van der Waals surface area contributed by atoms with Crippen LogP contribution in [0.15, 0.2) is 18.2 Å². The number of amides is 1. The Bertz CT molecular complexity index is 628. The van der Waals surface area contributed by atoms with Gasteiger partial charge < -0.3 is 23.8 Å². The molecule has 1 aromatic rings. The van der Waals surface area contributed by atoms with Crippen LogP contribution >= 0.6 is 0 Å². The molecule has 1 amide bonds. The number of rotatable bonds is 4. The molecule has 3 aliphatic rings. The van der Waals surface area contributed by atoms with Gasteiger partial charge in [-0.15, -0.1) is 0 Å². The summed E-state index contributed by atoms with van der Waals surface area (Å²) in [6.07, 6.45) is 3.74. The van der Waals surface area contributed by atoms with Crippen LogP contribution in [-0.4, -0.2) is 49.1 Å². The molecule has 2 aliphatic heterocycles. The molecule has 1 saturated carbocycles. The minimum atomic E-state index is -0.511. The van der Waals surface area contributed by atoms with Crippen LogP contribution in [0.25, 0.3) is 0 Å². The molecule has 0 spiro atoms. The summed E-state index contributed by atoms with van der Waals surface area (Å²) >= 11 is 0. The molecule has 0 radical (unpaired) electrons. The van der Waals surface area contributed by atoms with Crippen molar-refractivity contribution in [3.8, 4) is 11.5 Å². The molecule has 2 fully saturated rings. The van der Waals surface area contributed by atoms with Crippen molar-refractivity contribution >= 4 is 5.91 Å². The van der Waals surface area contributed by atoms with Gasteiger partial charge in [0.25, 0.3) is 5.91 Å². The smallest absolute Gasteiger partial charge is 0.254 e. The molecular weight excluding hydrogens is 322 g/mol. The maximum atomic E-state index is 13.2. The minimum absolute atomic E-state index is 0.0387. The van der Waals surface area contributed by atoms with Crippen LogP contribution in [0.4, 0.5) is 0 Å². The van der Waals surface area contributed by atoms with E-state index in [1.54, 1.807) is 0 Å². The van der Waals surface area contributed by atoms with Crippen molar-refractivity contribution in [2.24, 2.45) is 0 Å². The highest BCUT2D eigenvalue weighted by Crippen LogP contribution is 2.34. The summed E-state index contributed by atoms with van der Waals surface area (Å²) in [5.41, 5.74) is 1.05. The van der Waals surface area contributed by atoms with Gasteiger partial charge in [0.2, 0.25) is 6.79 Å². The Hall–Kier alpha value is -1.79. The molecule has 0 N–H and O–H groups in total. The first kappa shape index (κ1) is 16.7. The van der Waals surface area contributed by atoms with E-state index in [9.17, 15) is 4.79 Å². The van der Waals surface area contributed by atoms with Crippen LogP contribution in [0.1, 0.15) is 38.2 Å². The van der Waals surface area contributed by atoms with E-state index in [4.69, 9.17) is 18.9 Å². The highest BCUT2D eigenvalue weighted by Gasteiger charge is 2.37. The van der Waals surface area contributed by atoms with E-state index < -0.39 is 6.10 Å². The summed E-state index contributed by atoms with van der Waals surface area (Å²) in [6.45, 7) is 3.76. The quantitative estimate of drug-likeness (QED) is 0.838. The van der Waals surface area contributed by atoms with Gasteiger partial charge in [0, 0.05) is 12.6 Å². The van der Waals surface area contributed by atoms with Gasteiger partial charge in [-0.2, -0.15) is 0 Å². The molecule has 136 valence electrons. The SMILES string of the molecule is C[C@@H]1OCCO[C@@H]1C(=O)N(Cc1ccc2c(c1)OCO2)C1CCCC1. The second-order valence-electron chi connectivity index (χ2n) is 6.96. The molecule has 2 heterocycles. The van der Waals surface area contributed by atoms with Crippen molar-refractivity contribution in [2.45, 2.75) is 57.4 Å². The Kier molecular flexibility index (Phi) is 4.81. The summed E-state index contributed by atoms with van der Waals surface area (Å²) in [6, 6.07) is 6.16. The number of benzene rings is 1. The largest absolute Gasteiger partial charge is 0.454 e. The molecule has 2 atom stereocenters. The molecule has 25 heavy (non-hydrogen) atoms. The lowest BCUT2D eigenvalue weighted by atomic mass is 10.1. The normalized spacial score (nSPS) is 26.0. The first-order valence-electron chi connectivity index (χ1n) is 9.14. The third-order valence-electron chi connectivity index (χ3n) is 5.27. The maximum Gasteiger partial charge on any atom is 0.254 e. The van der Waals surface area contributed by atoms with Gasteiger partial charge >= 0.3 is 0 Å². The van der Waals surface area contributed by atoms with Gasteiger partial charge in [-0.3, -0.25) is 4.79 Å². The molecule has 0 unspecified atom stereocenters. The molecular formula is C19H25NO5. The number of hydrogen-bond donors (Lipinski definition) is 0. The van der Waals surface area contributed by atoms with Gasteiger partial charge in [-0.25, -0.2) is 0 Å². The van der Waals surface area contributed by atoms with Crippen LogP contribution in [0.5, 0.6) is 11.5 Å². The Morgan fingerprint density at radius 3 is 2.68 bits per heavy atom. The van der Waals surface area contributed by atoms with Gasteiger partial charge in [-0.1, -0.05) is 18.9 Å². The first-order chi connectivity index (χ1) is 12.2. The highest BCUT2D eigenvalue weighted by atomic mass is 16.7. The zero-order chi connectivity index (χ0) is 17.2. The predicted molar refractivity (Wildman–Crippen MR) is 90.5 cm³/mol. The lowest BCUT2D eigenvalue weighted by Gasteiger charge is -2.36. The highest BCUT2D eigenvalue weighted by molar-refractivity contribution is 5.82. The van der Waals surface area contributed by atoms with Crippen LogP contribution in [-0.2, 0) is 20.8 Å². The maximum absolute atomic E-state index is 13.2. The molecule has 1 saturated heterocycles. The van der Waals surface area contributed by atoms with Crippen LogP contribution in [0.2, 0.25) is 0 Å². The number of carbonyl (C=O) groups excluding carboxylic acids is 1. The van der Waals surface area contributed by atoms with Gasteiger partial charge in [0.15, 0.2) is 17.6 Å². The number of nitrogens with zero attached hydrogens (tertiary/aromatic N) is 1. The van der Waals surface area contributed by atoms with Crippen molar-refractivity contribution in [3.05, 3.63) is 23.8 Å². The third-order valence-corrected chi connectivity index (χ3v) is 5.27. The fourth-order valence-electron chi connectivity index (χ4n) is 3.91. The number of ether oxygens (including phenoxy) is 4. The van der Waals surface area contributed by atoms with E-state index in [1.807, 2.05) is 30.0 Å². The zero-order valence-electron chi connectivity index (χ0n) is 14.6. The molecule has 6 heteroatoms. The standard InChI is InChI=1S/C19H25NO5/c1-13-18(23-9-8-22-13)19(21)20(15-4-2-3-5-15)11-14-6-7-16-17(10-14)25-12-24-16/h6-7,10,13,15,18H,2-5,8-9,11-12H2,1H3/t13-,18-/m0/s1. The summed E-state index contributed by atoms with van der Waals surface area (Å²) in [5.74, 6) is 1.55. The van der Waals surface area contributed by atoms with Gasteiger partial charge in [-0.05, 0) is 37.5 Å². The van der Waals surface area contributed by atoms with Gasteiger partial charge in [0.05, 0.1) is 19.3 Å². The first-order valence-corrected chi connectivity index (χ1v) is 9.14. The van der Waals surface area contributed by atoms with Crippen LogP contribution in [0.3, 0.4) is 0 Å². The lowest BCUT2D eigenvalue weighted by Crippen LogP contribution is -2.51. The average Bonchev–Trinajstić information content (AvgIpc) is 3.30. The van der Waals surface area contributed by atoms with Crippen molar-refractivity contribution in [1.29, 1.82) is 0 Å². The Balaban J connectivity index is 1.54. The van der Waals surface area contributed by atoms with Crippen LogP contribution in [0, 0.1) is 0 Å². The van der Waals surface area contributed by atoms with E-state index >= 15 is 0 Å². The summed E-state index contributed by atoms with van der Waals surface area (Å²) in [4.78, 5) is 15.2. The molecule has 4 rings (SSSR count). The van der Waals surface area contributed by atoms with Crippen LogP contribution < -0.4 is 9.47 Å². The fourth-order valence-corrected chi connectivity index (χ4v) is 3.91. The van der Waals surface area contributed by atoms with Gasteiger partial charge in [0.1, 0.15) is 0 Å². The molecule has 6 nitrogen and oxygen atoms in total. The van der Waals surface area contributed by atoms with Crippen molar-refractivity contribution in [1.82, 2.24) is 4.90 Å². The van der Waals surface area contributed by atoms with Crippen molar-refractivity contribution in [3.63, 3.8) is 0 Å². The van der Waals surface area contributed by atoms with Crippen molar-refractivity contribution in [2.75, 3.05) is 20.0 Å². The number of hydrogen-bond acceptors (Lipinski definition) is 5. The average molecular weight is 347 g/mol. The second kappa shape index (κ2) is 7.22. The van der Waals surface area contributed by atoms with E-state index in [-0.39, 0.29) is 24.8 Å². The second-order valence-corrected chi connectivity index (χ2v) is 6.96. The topological polar surface area (TPSA) is 57.2 Å². The van der Waals surface area contributed by atoms with Crippen molar-refractivity contribution < 1.29 is 23.7 Å². The van der Waals surface area contributed by atoms with E-state index in [1.165, 1.54) is 12.8 Å². The number of carbonyl (C=O) groups is 1. The Morgan fingerprint density at radius 1 is 1.12 bits per heavy atom. The van der Waals surface area contributed by atoms with E-state index in [2.05, 4.69) is 0 Å². The summed E-state index contributed by atoms with van der Waals surface area (Å²) in [5, 5.41) is 0. The van der Waals surface area contributed by atoms with E-state index in [0.29, 0.717) is 19.8 Å². The molecule has 0 aromatic heterocycles. The molecule has 1 aliphatic carbocycles. The minimum Gasteiger partial charge on any atom is -0.454 e. The summed E-state index contributed by atoms with van der Waals surface area (Å²) in [7, 11) is 0. The summed E-state index contributed by atoms with van der Waals surface area (Å²) < 4.78 is 22.2.